The summed E-state index contributed by atoms with van der Waals surface area (Å²) in [5, 5.41) is 1.99. The molecule has 0 spiro atoms. The van der Waals surface area contributed by atoms with Gasteiger partial charge in [0.25, 0.3) is 0 Å². The summed E-state index contributed by atoms with van der Waals surface area (Å²) >= 11 is 3.43. The normalized spacial score (nSPS) is 12.4. The summed E-state index contributed by atoms with van der Waals surface area (Å²) in [7, 11) is 7.99. The fourth-order valence-electron chi connectivity index (χ4n) is 5.72. The van der Waals surface area contributed by atoms with E-state index in [1.165, 1.54) is 11.1 Å². The molecule has 2 heterocycles. The maximum Gasteiger partial charge on any atom is 0.500 e. The highest BCUT2D eigenvalue weighted by Crippen LogP contribution is 2.48. The van der Waals surface area contributed by atoms with Gasteiger partial charge < -0.3 is 26.6 Å². The van der Waals surface area contributed by atoms with E-state index in [0.717, 1.165) is 64.2 Å². The molecule has 6 rings (SSSR count). The molecule has 14 heteroatoms. The molecule has 2 aromatic heterocycles. The predicted octanol–water partition coefficient (Wildman–Crippen LogP) is 9.88. The van der Waals surface area contributed by atoms with Crippen LogP contribution in [0.3, 0.4) is 0 Å². The van der Waals surface area contributed by atoms with Crippen molar-refractivity contribution in [3.8, 4) is 21.1 Å². The van der Waals surface area contributed by atoms with E-state index in [9.17, 15) is 0 Å². The average molecular weight is 781 g/mol. The van der Waals surface area contributed by atoms with Gasteiger partial charge in [-0.15, -0.1) is 22.7 Å². The average Bonchev–Trinajstić information content (AvgIpc) is 3.81. The summed E-state index contributed by atoms with van der Waals surface area (Å²) < 4.78 is 36.6. The lowest BCUT2D eigenvalue weighted by Crippen LogP contribution is -2.43. The van der Waals surface area contributed by atoms with Gasteiger partial charge in [-0.25, -0.2) is 9.97 Å². The van der Waals surface area contributed by atoms with E-state index in [2.05, 4.69) is 72.8 Å². The third-order valence-corrected chi connectivity index (χ3v) is 18.7. The van der Waals surface area contributed by atoms with Crippen LogP contribution in [-0.4, -0.2) is 70.2 Å². The van der Waals surface area contributed by atoms with E-state index in [0.29, 0.717) is 12.1 Å². The topological polar surface area (TPSA) is 81.2 Å². The van der Waals surface area contributed by atoms with Gasteiger partial charge in [-0.2, -0.15) is 0 Å². The zero-order valence-corrected chi connectivity index (χ0v) is 34.2. The van der Waals surface area contributed by atoms with Gasteiger partial charge in [0.05, 0.1) is 20.4 Å². The summed E-state index contributed by atoms with van der Waals surface area (Å²) in [6.07, 6.45) is 1.53. The Morgan fingerprint density at radius 1 is 0.520 bits per heavy atom. The van der Waals surface area contributed by atoms with Crippen LogP contribution in [0.25, 0.3) is 41.6 Å². The second kappa shape index (κ2) is 16.9. The van der Waals surface area contributed by atoms with Gasteiger partial charge >= 0.3 is 17.6 Å². The number of para-hydroxylation sites is 2. The molecule has 0 bridgehead atoms. The third-order valence-electron chi connectivity index (χ3n) is 8.66. The molecule has 0 aliphatic heterocycles. The Morgan fingerprint density at radius 2 is 0.900 bits per heavy atom. The molecule has 0 fully saturated rings. The Hall–Kier alpha value is -2.45. The Balaban J connectivity index is 1.34. The lowest BCUT2D eigenvalue weighted by molar-refractivity contribution is 0.123. The van der Waals surface area contributed by atoms with Gasteiger partial charge in [0.2, 0.25) is 0 Å². The van der Waals surface area contributed by atoms with Crippen molar-refractivity contribution in [2.75, 3.05) is 42.7 Å². The van der Waals surface area contributed by atoms with Crippen LogP contribution in [0.2, 0.25) is 12.1 Å². The summed E-state index contributed by atoms with van der Waals surface area (Å²) in [6, 6.07) is 31.3. The maximum atomic E-state index is 5.70. The molecule has 0 N–H and O–H groups in total. The van der Waals surface area contributed by atoms with Crippen molar-refractivity contribution in [3.63, 3.8) is 0 Å². The number of hydrogen-bond acceptors (Lipinski definition) is 12. The minimum atomic E-state index is -2.72. The van der Waals surface area contributed by atoms with Crippen LogP contribution >= 0.6 is 44.3 Å². The van der Waals surface area contributed by atoms with Gasteiger partial charge in [0, 0.05) is 75.7 Å². The lowest BCUT2D eigenvalue weighted by Gasteiger charge is -2.24. The summed E-state index contributed by atoms with van der Waals surface area (Å²) in [4.78, 5) is 12.4. The monoisotopic (exact) mass is 780 g/mol. The molecule has 0 amide bonds. The zero-order valence-electron chi connectivity index (χ0n) is 28.9. The molecule has 0 aliphatic carbocycles. The molecule has 0 aliphatic rings. The predicted molar refractivity (Wildman–Crippen MR) is 212 cm³/mol. The summed E-state index contributed by atoms with van der Waals surface area (Å²) in [5.74, 6) is 0. The second-order valence-corrected chi connectivity index (χ2v) is 21.8. The van der Waals surface area contributed by atoms with Gasteiger partial charge in [-0.3, -0.25) is 0 Å². The minimum absolute atomic E-state index is 0.678. The van der Waals surface area contributed by atoms with Crippen molar-refractivity contribution >= 4 is 82.3 Å². The number of rotatable bonds is 17. The number of aromatic nitrogens is 2. The van der Waals surface area contributed by atoms with Crippen molar-refractivity contribution in [3.05, 3.63) is 96.1 Å². The lowest BCUT2D eigenvalue weighted by atomic mass is 10.1. The number of aryl methyl sites for hydroxylation is 2. The number of benzene rings is 4. The molecule has 0 unspecified atom stereocenters. The quantitative estimate of drug-likeness (QED) is 0.0659. The van der Waals surface area contributed by atoms with Crippen LogP contribution in [0.5, 0.6) is 0 Å². The standard InChI is InChI=1S/C36H40N2O6S4Si2/c1-39-49(40-2,41-3)21-19-25-15-17-31(27(23-25)35-37-29-11-7-9-13-33(29)45-35)47-48-32-18-16-26(20-22-50(42-4,43-5)44-6)24-28(32)36-38-30-12-8-10-14-34(30)46-36/h7-18,23-24H,19-22H2,1-6H3. The van der Waals surface area contributed by atoms with Crippen molar-refractivity contribution in [1.29, 1.82) is 0 Å². The Labute approximate surface area is 311 Å². The van der Waals surface area contributed by atoms with Crippen LogP contribution in [0.15, 0.2) is 94.7 Å². The van der Waals surface area contributed by atoms with Gasteiger partial charge in [-0.1, -0.05) is 58.0 Å². The number of thiazole rings is 2. The van der Waals surface area contributed by atoms with E-state index in [1.54, 1.807) is 86.9 Å². The van der Waals surface area contributed by atoms with E-state index < -0.39 is 17.6 Å². The number of hydrogen-bond donors (Lipinski definition) is 0. The van der Waals surface area contributed by atoms with Crippen LogP contribution in [-0.2, 0) is 39.4 Å². The molecular weight excluding hydrogens is 741 g/mol. The number of fused-ring (bicyclic) bond motifs is 2. The summed E-state index contributed by atoms with van der Waals surface area (Å²) in [5.41, 5.74) is 6.58. The molecule has 0 atom stereocenters. The fourth-order valence-corrected chi connectivity index (χ4v) is 13.6. The molecular formula is C36H40N2O6S4Si2. The first-order valence-corrected chi connectivity index (χ1v) is 23.7. The molecule has 6 aromatic rings. The molecule has 0 radical (unpaired) electrons. The molecule has 262 valence electrons. The van der Waals surface area contributed by atoms with Crippen LogP contribution < -0.4 is 0 Å². The Morgan fingerprint density at radius 3 is 1.26 bits per heavy atom. The first-order valence-electron chi connectivity index (χ1n) is 16.0. The Kier molecular flexibility index (Phi) is 12.6. The maximum absolute atomic E-state index is 5.70. The Bertz CT molecular complexity index is 1820. The van der Waals surface area contributed by atoms with Crippen molar-refractivity contribution in [2.45, 2.75) is 34.7 Å². The van der Waals surface area contributed by atoms with Crippen LogP contribution in [0.4, 0.5) is 0 Å². The van der Waals surface area contributed by atoms with Crippen LogP contribution in [0, 0.1) is 0 Å². The van der Waals surface area contributed by atoms with E-state index in [1.807, 2.05) is 12.1 Å². The van der Waals surface area contributed by atoms with E-state index in [-0.39, 0.29) is 0 Å². The first-order chi connectivity index (χ1) is 24.4. The molecule has 0 saturated carbocycles. The molecule has 4 aromatic carbocycles. The SMILES string of the molecule is CO[Si](CCc1ccc(SSc2ccc(CC[Si](OC)(OC)OC)cc2-c2nc3ccccc3s2)c(-c2nc3ccccc3s2)c1)(OC)OC. The number of nitrogens with zero attached hydrogens (tertiary/aromatic N) is 2. The van der Waals surface area contributed by atoms with Crippen molar-refractivity contribution < 1.29 is 26.6 Å². The highest BCUT2D eigenvalue weighted by Gasteiger charge is 2.38. The fraction of sp³-hybridized carbons (Fsp3) is 0.278. The van der Waals surface area contributed by atoms with Crippen molar-refractivity contribution in [2.24, 2.45) is 0 Å². The van der Waals surface area contributed by atoms with Gasteiger partial charge in [-0.05, 0) is 72.5 Å². The second-order valence-electron chi connectivity index (χ2n) is 11.4. The van der Waals surface area contributed by atoms with Gasteiger partial charge in [0.15, 0.2) is 0 Å². The van der Waals surface area contributed by atoms with E-state index >= 15 is 0 Å². The summed E-state index contributed by atoms with van der Waals surface area (Å²) in [6.45, 7) is 0. The van der Waals surface area contributed by atoms with E-state index in [4.69, 9.17) is 36.5 Å². The molecule has 50 heavy (non-hydrogen) atoms. The van der Waals surface area contributed by atoms with Crippen molar-refractivity contribution in [1.82, 2.24) is 9.97 Å². The largest absolute Gasteiger partial charge is 0.500 e. The molecule has 0 saturated heterocycles. The minimum Gasteiger partial charge on any atom is -0.377 e. The third kappa shape index (κ3) is 8.27. The first kappa shape index (κ1) is 37.3. The zero-order chi connectivity index (χ0) is 35.1. The van der Waals surface area contributed by atoms with Crippen LogP contribution in [0.1, 0.15) is 11.1 Å². The smallest absolute Gasteiger partial charge is 0.377 e. The highest BCUT2D eigenvalue weighted by atomic mass is 33.1. The molecule has 8 nitrogen and oxygen atoms in total. The van der Waals surface area contributed by atoms with Gasteiger partial charge in [0.1, 0.15) is 10.0 Å². The highest BCUT2D eigenvalue weighted by molar-refractivity contribution is 8.76.